The first-order valence-corrected chi connectivity index (χ1v) is 11.0. The molecular weight excluding hydrogens is 408 g/mol. The van der Waals surface area contributed by atoms with E-state index in [9.17, 15) is 9.59 Å². The van der Waals surface area contributed by atoms with Gasteiger partial charge in [-0.2, -0.15) is 5.10 Å². The van der Waals surface area contributed by atoms with Crippen molar-refractivity contribution in [1.82, 2.24) is 19.5 Å². The maximum Gasteiger partial charge on any atom is 0.291 e. The Morgan fingerprint density at radius 3 is 2.56 bits per heavy atom. The SMILES string of the molecule is CCc1nn([C@H](CC)C(=O)NCc2ccc(OC(C)C)cc2)c(=O)c2cc3occc3n12. The Labute approximate surface area is 185 Å². The van der Waals surface area contributed by atoms with Crippen LogP contribution in [0, 0.1) is 0 Å². The number of hydrogen-bond donors (Lipinski definition) is 1. The number of nitrogens with zero attached hydrogens (tertiary/aromatic N) is 3. The Kier molecular flexibility index (Phi) is 6.03. The average Bonchev–Trinajstić information content (AvgIpc) is 3.37. The number of furan rings is 1. The second kappa shape index (κ2) is 8.90. The van der Waals surface area contributed by atoms with Gasteiger partial charge in [0.15, 0.2) is 5.58 Å². The van der Waals surface area contributed by atoms with Crippen molar-refractivity contribution in [3.63, 3.8) is 0 Å². The summed E-state index contributed by atoms with van der Waals surface area (Å²) in [5.74, 6) is 1.24. The highest BCUT2D eigenvalue weighted by Crippen LogP contribution is 2.21. The number of carbonyl (C=O) groups is 1. The summed E-state index contributed by atoms with van der Waals surface area (Å²) in [5, 5.41) is 7.49. The van der Waals surface area contributed by atoms with Gasteiger partial charge in [-0.15, -0.1) is 0 Å². The number of aromatic nitrogens is 3. The van der Waals surface area contributed by atoms with Crippen molar-refractivity contribution in [3.8, 4) is 5.75 Å². The Hall–Kier alpha value is -3.55. The Bertz CT molecular complexity index is 1300. The van der Waals surface area contributed by atoms with Crippen LogP contribution < -0.4 is 15.6 Å². The standard InChI is InChI=1S/C24H28N4O4/c1-5-18(23(29)25-14-16-7-9-17(10-8-16)32-15(3)4)28-24(30)20-13-21-19(11-12-31-21)27(20)22(6-2)26-28/h7-13,15,18H,5-6,14H2,1-4H3,(H,25,29)/t18-/m1/s1. The highest BCUT2D eigenvalue weighted by molar-refractivity contribution is 5.83. The van der Waals surface area contributed by atoms with E-state index in [0.717, 1.165) is 16.8 Å². The molecule has 3 aromatic heterocycles. The van der Waals surface area contributed by atoms with Crippen molar-refractivity contribution in [2.24, 2.45) is 0 Å². The molecule has 0 saturated carbocycles. The summed E-state index contributed by atoms with van der Waals surface area (Å²) in [6.07, 6.45) is 2.74. The van der Waals surface area contributed by atoms with Crippen LogP contribution in [0.1, 0.15) is 51.5 Å². The molecule has 3 heterocycles. The predicted octanol–water partition coefficient (Wildman–Crippen LogP) is 3.86. The van der Waals surface area contributed by atoms with Crippen molar-refractivity contribution in [3.05, 3.63) is 64.4 Å². The highest BCUT2D eigenvalue weighted by atomic mass is 16.5. The van der Waals surface area contributed by atoms with E-state index in [-0.39, 0.29) is 17.6 Å². The minimum atomic E-state index is -0.706. The summed E-state index contributed by atoms with van der Waals surface area (Å²) < 4.78 is 14.2. The van der Waals surface area contributed by atoms with Crippen LogP contribution in [-0.4, -0.2) is 26.2 Å². The fraction of sp³-hybridized carbons (Fsp3) is 0.375. The van der Waals surface area contributed by atoms with E-state index in [2.05, 4.69) is 10.4 Å². The first-order chi connectivity index (χ1) is 15.4. The van der Waals surface area contributed by atoms with Crippen molar-refractivity contribution in [2.75, 3.05) is 0 Å². The van der Waals surface area contributed by atoms with Crippen molar-refractivity contribution in [1.29, 1.82) is 0 Å². The lowest BCUT2D eigenvalue weighted by molar-refractivity contribution is -0.125. The van der Waals surface area contributed by atoms with Gasteiger partial charge < -0.3 is 14.5 Å². The van der Waals surface area contributed by atoms with E-state index < -0.39 is 6.04 Å². The van der Waals surface area contributed by atoms with Gasteiger partial charge in [-0.3, -0.25) is 14.0 Å². The average molecular weight is 437 g/mol. The van der Waals surface area contributed by atoms with E-state index in [0.29, 0.717) is 36.3 Å². The smallest absolute Gasteiger partial charge is 0.291 e. The Morgan fingerprint density at radius 2 is 1.91 bits per heavy atom. The molecule has 4 rings (SSSR count). The molecule has 0 fully saturated rings. The number of rotatable bonds is 8. The largest absolute Gasteiger partial charge is 0.491 e. The summed E-state index contributed by atoms with van der Waals surface area (Å²) in [6, 6.07) is 10.4. The van der Waals surface area contributed by atoms with Crippen molar-refractivity contribution < 1.29 is 13.9 Å². The second-order valence-electron chi connectivity index (χ2n) is 8.01. The molecular formula is C24H28N4O4. The fourth-order valence-electron chi connectivity index (χ4n) is 3.87. The van der Waals surface area contributed by atoms with Crippen LogP contribution in [0.2, 0.25) is 0 Å². The van der Waals surface area contributed by atoms with Gasteiger partial charge in [0.1, 0.15) is 23.1 Å². The van der Waals surface area contributed by atoms with Gasteiger partial charge in [0.2, 0.25) is 5.91 Å². The summed E-state index contributed by atoms with van der Waals surface area (Å²) in [7, 11) is 0. The fourth-order valence-corrected chi connectivity index (χ4v) is 3.87. The van der Waals surface area contributed by atoms with Gasteiger partial charge in [-0.25, -0.2) is 4.68 Å². The van der Waals surface area contributed by atoms with Crippen LogP contribution in [0.15, 0.2) is 51.9 Å². The van der Waals surface area contributed by atoms with Gasteiger partial charge in [0.25, 0.3) is 5.56 Å². The maximum atomic E-state index is 13.2. The lowest BCUT2D eigenvalue weighted by Gasteiger charge is -2.18. The molecule has 0 radical (unpaired) electrons. The van der Waals surface area contributed by atoms with E-state index in [1.165, 1.54) is 4.68 Å². The van der Waals surface area contributed by atoms with Gasteiger partial charge >= 0.3 is 0 Å². The molecule has 1 amide bonds. The summed E-state index contributed by atoms with van der Waals surface area (Å²) in [5.41, 5.74) is 2.51. The van der Waals surface area contributed by atoms with E-state index in [1.807, 2.05) is 62.4 Å². The number of aryl methyl sites for hydroxylation is 1. The molecule has 1 atom stereocenters. The third kappa shape index (κ3) is 4.00. The number of carbonyl (C=O) groups excluding carboxylic acids is 1. The van der Waals surface area contributed by atoms with Crippen molar-refractivity contribution >= 4 is 22.5 Å². The quantitative estimate of drug-likeness (QED) is 0.453. The van der Waals surface area contributed by atoms with Crippen LogP contribution in [0.5, 0.6) is 5.75 Å². The zero-order chi connectivity index (χ0) is 22.8. The maximum absolute atomic E-state index is 13.2. The van der Waals surface area contributed by atoms with Gasteiger partial charge in [-0.05, 0) is 38.0 Å². The molecule has 8 nitrogen and oxygen atoms in total. The monoisotopic (exact) mass is 436 g/mol. The number of ether oxygens (including phenoxy) is 1. The first-order valence-electron chi connectivity index (χ1n) is 11.0. The number of nitrogens with one attached hydrogen (secondary N) is 1. The molecule has 0 saturated heterocycles. The van der Waals surface area contributed by atoms with Gasteiger partial charge in [0.05, 0.1) is 17.9 Å². The second-order valence-corrected chi connectivity index (χ2v) is 8.01. The molecule has 1 N–H and O–H groups in total. The molecule has 0 aliphatic rings. The molecule has 1 aromatic carbocycles. The topological polar surface area (TPSA) is 90.8 Å². The van der Waals surface area contributed by atoms with Crippen LogP contribution >= 0.6 is 0 Å². The zero-order valence-corrected chi connectivity index (χ0v) is 18.8. The van der Waals surface area contributed by atoms with Crippen LogP contribution in [-0.2, 0) is 17.8 Å². The molecule has 4 aromatic rings. The third-order valence-electron chi connectivity index (χ3n) is 5.39. The van der Waals surface area contributed by atoms with Crippen LogP contribution in [0.4, 0.5) is 0 Å². The van der Waals surface area contributed by atoms with E-state index in [1.54, 1.807) is 12.3 Å². The minimum Gasteiger partial charge on any atom is -0.491 e. The predicted molar refractivity (Wildman–Crippen MR) is 122 cm³/mol. The van der Waals surface area contributed by atoms with E-state index in [4.69, 9.17) is 9.15 Å². The molecule has 0 bridgehead atoms. The van der Waals surface area contributed by atoms with E-state index >= 15 is 0 Å². The summed E-state index contributed by atoms with van der Waals surface area (Å²) in [4.78, 5) is 26.2. The first kappa shape index (κ1) is 21.7. The number of amides is 1. The Balaban J connectivity index is 1.58. The molecule has 0 aliphatic carbocycles. The van der Waals surface area contributed by atoms with Gasteiger partial charge in [0, 0.05) is 25.1 Å². The van der Waals surface area contributed by atoms with Crippen LogP contribution in [0.3, 0.4) is 0 Å². The summed E-state index contributed by atoms with van der Waals surface area (Å²) >= 11 is 0. The molecule has 0 unspecified atom stereocenters. The lowest BCUT2D eigenvalue weighted by Crippen LogP contribution is -2.39. The molecule has 32 heavy (non-hydrogen) atoms. The molecule has 168 valence electrons. The molecule has 0 aliphatic heterocycles. The minimum absolute atomic E-state index is 0.103. The molecule has 8 heteroatoms. The van der Waals surface area contributed by atoms with Crippen molar-refractivity contribution in [2.45, 2.75) is 59.2 Å². The Morgan fingerprint density at radius 1 is 1.16 bits per heavy atom. The number of hydrogen-bond acceptors (Lipinski definition) is 5. The summed E-state index contributed by atoms with van der Waals surface area (Å²) in [6.45, 7) is 8.14. The number of benzene rings is 1. The highest BCUT2D eigenvalue weighted by Gasteiger charge is 2.24. The third-order valence-corrected chi connectivity index (χ3v) is 5.39. The number of fused-ring (bicyclic) bond motifs is 3. The lowest BCUT2D eigenvalue weighted by atomic mass is 10.2. The normalized spacial score (nSPS) is 12.5. The van der Waals surface area contributed by atoms with Crippen LogP contribution in [0.25, 0.3) is 16.6 Å². The zero-order valence-electron chi connectivity index (χ0n) is 18.8. The van der Waals surface area contributed by atoms with Gasteiger partial charge in [-0.1, -0.05) is 26.0 Å². The molecule has 0 spiro atoms.